The predicted molar refractivity (Wildman–Crippen MR) is 62.4 cm³/mol. The van der Waals surface area contributed by atoms with E-state index >= 15 is 0 Å². The molecule has 0 aromatic heterocycles. The molecule has 0 aliphatic heterocycles. The molecule has 0 spiro atoms. The highest BCUT2D eigenvalue weighted by atomic mass is 19.1. The SMILES string of the molecule is Cc1ccc(C(=O)NCCNCCF)cc1. The minimum Gasteiger partial charge on any atom is -0.351 e. The van der Waals surface area contributed by atoms with E-state index < -0.39 is 0 Å². The Balaban J connectivity index is 2.27. The van der Waals surface area contributed by atoms with Crippen molar-refractivity contribution in [3.05, 3.63) is 35.4 Å². The zero-order valence-corrected chi connectivity index (χ0v) is 9.42. The van der Waals surface area contributed by atoms with Crippen LogP contribution >= 0.6 is 0 Å². The second-order valence-corrected chi connectivity index (χ2v) is 3.56. The third-order valence-electron chi connectivity index (χ3n) is 2.17. The first kappa shape index (κ1) is 12.6. The summed E-state index contributed by atoms with van der Waals surface area (Å²) < 4.78 is 11.7. The Morgan fingerprint density at radius 3 is 2.50 bits per heavy atom. The second kappa shape index (κ2) is 6.95. The minimum atomic E-state index is -0.383. The fraction of sp³-hybridized carbons (Fsp3) is 0.417. The summed E-state index contributed by atoms with van der Waals surface area (Å²) in [6.07, 6.45) is 0. The lowest BCUT2D eigenvalue weighted by molar-refractivity contribution is 0.0954. The van der Waals surface area contributed by atoms with E-state index in [1.807, 2.05) is 19.1 Å². The maximum atomic E-state index is 11.7. The van der Waals surface area contributed by atoms with E-state index in [4.69, 9.17) is 0 Å². The molecule has 1 aromatic carbocycles. The third kappa shape index (κ3) is 4.40. The van der Waals surface area contributed by atoms with Crippen LogP contribution in [0.2, 0.25) is 0 Å². The largest absolute Gasteiger partial charge is 0.351 e. The summed E-state index contributed by atoms with van der Waals surface area (Å²) >= 11 is 0. The maximum Gasteiger partial charge on any atom is 0.251 e. The molecule has 0 heterocycles. The first-order valence-electron chi connectivity index (χ1n) is 5.35. The summed E-state index contributed by atoms with van der Waals surface area (Å²) in [5.74, 6) is -0.0953. The smallest absolute Gasteiger partial charge is 0.251 e. The van der Waals surface area contributed by atoms with Crippen LogP contribution in [-0.2, 0) is 0 Å². The zero-order valence-electron chi connectivity index (χ0n) is 9.42. The molecule has 0 unspecified atom stereocenters. The van der Waals surface area contributed by atoms with Crippen LogP contribution in [0.3, 0.4) is 0 Å². The van der Waals surface area contributed by atoms with Crippen molar-refractivity contribution in [2.45, 2.75) is 6.92 Å². The van der Waals surface area contributed by atoms with Gasteiger partial charge in [-0.1, -0.05) is 17.7 Å². The Bertz CT molecular complexity index is 324. The van der Waals surface area contributed by atoms with Crippen molar-refractivity contribution in [1.82, 2.24) is 10.6 Å². The quantitative estimate of drug-likeness (QED) is 0.715. The molecule has 0 saturated carbocycles. The highest BCUT2D eigenvalue weighted by molar-refractivity contribution is 5.94. The Kier molecular flexibility index (Phi) is 5.50. The molecule has 16 heavy (non-hydrogen) atoms. The van der Waals surface area contributed by atoms with Crippen LogP contribution in [0, 0.1) is 6.92 Å². The summed E-state index contributed by atoms with van der Waals surface area (Å²) in [5, 5.41) is 5.61. The van der Waals surface area contributed by atoms with Gasteiger partial charge >= 0.3 is 0 Å². The van der Waals surface area contributed by atoms with Crippen LogP contribution in [0.25, 0.3) is 0 Å². The number of nitrogens with one attached hydrogen (secondary N) is 2. The zero-order chi connectivity index (χ0) is 11.8. The molecule has 0 fully saturated rings. The van der Waals surface area contributed by atoms with Crippen molar-refractivity contribution < 1.29 is 9.18 Å². The van der Waals surface area contributed by atoms with Crippen LogP contribution in [0.1, 0.15) is 15.9 Å². The standard InChI is InChI=1S/C12H17FN2O/c1-10-2-4-11(5-3-10)12(16)15-9-8-14-7-6-13/h2-5,14H,6-9H2,1H3,(H,15,16). The molecule has 0 aliphatic rings. The molecule has 0 saturated heterocycles. The summed E-state index contributed by atoms with van der Waals surface area (Å²) in [7, 11) is 0. The van der Waals surface area contributed by atoms with Gasteiger partial charge in [-0.2, -0.15) is 0 Å². The minimum absolute atomic E-state index is 0.0953. The van der Waals surface area contributed by atoms with E-state index in [2.05, 4.69) is 10.6 Å². The first-order chi connectivity index (χ1) is 7.74. The van der Waals surface area contributed by atoms with Crippen LogP contribution in [-0.4, -0.2) is 32.2 Å². The van der Waals surface area contributed by atoms with Crippen LogP contribution in [0.4, 0.5) is 4.39 Å². The van der Waals surface area contributed by atoms with Gasteiger partial charge in [0.05, 0.1) is 0 Å². The number of hydrogen-bond acceptors (Lipinski definition) is 2. The van der Waals surface area contributed by atoms with E-state index in [0.29, 0.717) is 25.2 Å². The van der Waals surface area contributed by atoms with Gasteiger partial charge in [0.2, 0.25) is 0 Å². The molecular weight excluding hydrogens is 207 g/mol. The molecule has 1 amide bonds. The predicted octanol–water partition coefficient (Wildman–Crippen LogP) is 1.28. The van der Waals surface area contributed by atoms with Crippen molar-refractivity contribution in [2.75, 3.05) is 26.3 Å². The topological polar surface area (TPSA) is 41.1 Å². The number of amides is 1. The lowest BCUT2D eigenvalue weighted by atomic mass is 10.1. The lowest BCUT2D eigenvalue weighted by Gasteiger charge is -2.05. The molecule has 2 N–H and O–H groups in total. The number of carbonyl (C=O) groups excluding carboxylic acids is 1. The molecule has 3 nitrogen and oxygen atoms in total. The Labute approximate surface area is 95.0 Å². The Morgan fingerprint density at radius 1 is 1.19 bits per heavy atom. The first-order valence-corrected chi connectivity index (χ1v) is 5.35. The Hall–Kier alpha value is -1.42. The lowest BCUT2D eigenvalue weighted by Crippen LogP contribution is -2.32. The number of aryl methyl sites for hydroxylation is 1. The fourth-order valence-corrected chi connectivity index (χ4v) is 1.26. The number of carbonyl (C=O) groups is 1. The van der Waals surface area contributed by atoms with Crippen LogP contribution in [0.5, 0.6) is 0 Å². The number of halogens is 1. The van der Waals surface area contributed by atoms with Gasteiger partial charge in [0.1, 0.15) is 6.67 Å². The van der Waals surface area contributed by atoms with Crippen LogP contribution < -0.4 is 10.6 Å². The normalized spacial score (nSPS) is 10.1. The van der Waals surface area contributed by atoms with Crippen molar-refractivity contribution in [3.63, 3.8) is 0 Å². The molecular formula is C12H17FN2O. The number of hydrogen-bond donors (Lipinski definition) is 2. The number of benzene rings is 1. The molecule has 1 aromatic rings. The van der Waals surface area contributed by atoms with E-state index in [9.17, 15) is 9.18 Å². The maximum absolute atomic E-state index is 11.7. The van der Waals surface area contributed by atoms with E-state index in [0.717, 1.165) is 5.56 Å². The molecule has 0 bridgehead atoms. The molecule has 0 aliphatic carbocycles. The van der Waals surface area contributed by atoms with Crippen molar-refractivity contribution in [3.8, 4) is 0 Å². The van der Waals surface area contributed by atoms with Crippen LogP contribution in [0.15, 0.2) is 24.3 Å². The Morgan fingerprint density at radius 2 is 1.88 bits per heavy atom. The third-order valence-corrected chi connectivity index (χ3v) is 2.17. The fourth-order valence-electron chi connectivity index (χ4n) is 1.26. The average molecular weight is 224 g/mol. The summed E-state index contributed by atoms with van der Waals surface area (Å²) in [6.45, 7) is 3.02. The highest BCUT2D eigenvalue weighted by Crippen LogP contribution is 2.02. The average Bonchev–Trinajstić information content (AvgIpc) is 2.29. The highest BCUT2D eigenvalue weighted by Gasteiger charge is 2.02. The summed E-state index contributed by atoms with van der Waals surface area (Å²) in [4.78, 5) is 11.6. The van der Waals surface area contributed by atoms with Gasteiger partial charge in [-0.3, -0.25) is 4.79 Å². The molecule has 88 valence electrons. The van der Waals surface area contributed by atoms with Crippen molar-refractivity contribution >= 4 is 5.91 Å². The van der Waals surface area contributed by atoms with Gasteiger partial charge in [-0.25, -0.2) is 4.39 Å². The van der Waals surface area contributed by atoms with Gasteiger partial charge in [0.25, 0.3) is 5.91 Å². The van der Waals surface area contributed by atoms with Gasteiger partial charge in [0, 0.05) is 25.2 Å². The van der Waals surface area contributed by atoms with Gasteiger partial charge in [-0.15, -0.1) is 0 Å². The molecule has 4 heteroatoms. The van der Waals surface area contributed by atoms with E-state index in [1.165, 1.54) is 0 Å². The number of rotatable bonds is 6. The molecule has 0 radical (unpaired) electrons. The van der Waals surface area contributed by atoms with Gasteiger partial charge < -0.3 is 10.6 Å². The van der Waals surface area contributed by atoms with Crippen molar-refractivity contribution in [1.29, 1.82) is 0 Å². The molecule has 0 atom stereocenters. The second-order valence-electron chi connectivity index (χ2n) is 3.56. The van der Waals surface area contributed by atoms with E-state index in [1.54, 1.807) is 12.1 Å². The van der Waals surface area contributed by atoms with E-state index in [-0.39, 0.29) is 12.6 Å². The summed E-state index contributed by atoms with van der Waals surface area (Å²) in [6, 6.07) is 7.38. The summed E-state index contributed by atoms with van der Waals surface area (Å²) in [5.41, 5.74) is 1.78. The van der Waals surface area contributed by atoms with Gasteiger partial charge in [-0.05, 0) is 19.1 Å². The molecule has 1 rings (SSSR count). The number of alkyl halides is 1. The van der Waals surface area contributed by atoms with Gasteiger partial charge in [0.15, 0.2) is 0 Å². The monoisotopic (exact) mass is 224 g/mol. The van der Waals surface area contributed by atoms with Crippen molar-refractivity contribution in [2.24, 2.45) is 0 Å².